The van der Waals surface area contributed by atoms with Crippen LogP contribution in [0.25, 0.3) is 0 Å². The molecule has 0 radical (unpaired) electrons. The van der Waals surface area contributed by atoms with E-state index in [0.717, 1.165) is 6.26 Å². The van der Waals surface area contributed by atoms with Crippen molar-refractivity contribution >= 4 is 9.84 Å². The molecule has 0 aliphatic carbocycles. The third-order valence-electron chi connectivity index (χ3n) is 2.57. The number of aliphatic hydroxyl groups excluding tert-OH is 1. The van der Waals surface area contributed by atoms with Crippen molar-refractivity contribution in [2.75, 3.05) is 12.0 Å². The van der Waals surface area contributed by atoms with E-state index < -0.39 is 57.0 Å². The number of benzene rings is 1. The Balaban J connectivity index is 3.02. The molecule has 1 aromatic rings. The molecular weight excluding hydrogens is 307 g/mol. The minimum Gasteiger partial charge on any atom is -0.388 e. The lowest BCUT2D eigenvalue weighted by atomic mass is 10.0. The lowest BCUT2D eigenvalue weighted by Crippen LogP contribution is -2.12. The SMILES string of the molecule is CS(=O)(=O)CCCC(O)c1c(F)c(F)c(F)c(F)c1F. The van der Waals surface area contributed by atoms with E-state index in [1.807, 2.05) is 0 Å². The molecule has 114 valence electrons. The van der Waals surface area contributed by atoms with E-state index in [1.54, 1.807) is 0 Å². The van der Waals surface area contributed by atoms with Crippen LogP contribution in [0.3, 0.4) is 0 Å². The standard InChI is InChI=1S/C11H11F5O3S/c1-20(18,19)4-2-3-5(17)6-7(12)9(14)11(16)10(15)8(6)13/h5,17H,2-4H2,1H3. The van der Waals surface area contributed by atoms with Crippen molar-refractivity contribution in [1.82, 2.24) is 0 Å². The van der Waals surface area contributed by atoms with E-state index in [9.17, 15) is 35.5 Å². The molecule has 0 heterocycles. The first-order chi connectivity index (χ1) is 9.06. The summed E-state index contributed by atoms with van der Waals surface area (Å²) in [7, 11) is -3.35. The molecule has 0 bridgehead atoms. The normalized spacial score (nSPS) is 13.6. The van der Waals surface area contributed by atoms with Crippen LogP contribution in [-0.2, 0) is 9.84 Å². The maximum atomic E-state index is 13.3. The Morgan fingerprint density at radius 2 is 1.35 bits per heavy atom. The van der Waals surface area contributed by atoms with Crippen LogP contribution >= 0.6 is 0 Å². The van der Waals surface area contributed by atoms with Crippen molar-refractivity contribution in [3.63, 3.8) is 0 Å². The molecule has 9 heteroatoms. The third kappa shape index (κ3) is 3.66. The Labute approximate surface area is 112 Å². The first-order valence-electron chi connectivity index (χ1n) is 5.43. The lowest BCUT2D eigenvalue weighted by molar-refractivity contribution is 0.153. The molecule has 1 aromatic carbocycles. The van der Waals surface area contributed by atoms with Gasteiger partial charge in [-0.1, -0.05) is 0 Å². The van der Waals surface area contributed by atoms with Crippen LogP contribution in [0.1, 0.15) is 24.5 Å². The van der Waals surface area contributed by atoms with Crippen LogP contribution < -0.4 is 0 Å². The van der Waals surface area contributed by atoms with Gasteiger partial charge in [0.15, 0.2) is 23.3 Å². The van der Waals surface area contributed by atoms with Crippen molar-refractivity contribution in [2.24, 2.45) is 0 Å². The molecule has 1 unspecified atom stereocenters. The minimum absolute atomic E-state index is 0.181. The average molecular weight is 318 g/mol. The molecule has 0 fully saturated rings. The maximum Gasteiger partial charge on any atom is 0.200 e. The van der Waals surface area contributed by atoms with Crippen molar-refractivity contribution in [2.45, 2.75) is 18.9 Å². The van der Waals surface area contributed by atoms with E-state index in [0.29, 0.717) is 0 Å². The zero-order valence-corrected chi connectivity index (χ0v) is 11.1. The molecule has 0 aliphatic heterocycles. The second kappa shape index (κ2) is 6.04. The molecule has 1 rings (SSSR count). The van der Waals surface area contributed by atoms with Crippen molar-refractivity contribution in [3.05, 3.63) is 34.6 Å². The second-order valence-corrected chi connectivity index (χ2v) is 6.53. The number of halogens is 5. The fourth-order valence-corrected chi connectivity index (χ4v) is 2.29. The van der Waals surface area contributed by atoms with Gasteiger partial charge in [0.05, 0.1) is 11.7 Å². The third-order valence-corrected chi connectivity index (χ3v) is 3.60. The van der Waals surface area contributed by atoms with Gasteiger partial charge in [-0.15, -0.1) is 0 Å². The van der Waals surface area contributed by atoms with Crippen LogP contribution in [0.2, 0.25) is 0 Å². The van der Waals surface area contributed by atoms with E-state index in [1.165, 1.54) is 0 Å². The highest BCUT2D eigenvalue weighted by atomic mass is 32.2. The Morgan fingerprint density at radius 1 is 0.950 bits per heavy atom. The Bertz CT molecular complexity index is 586. The van der Waals surface area contributed by atoms with Crippen LogP contribution in [0.15, 0.2) is 0 Å². The van der Waals surface area contributed by atoms with Crippen LogP contribution in [0.4, 0.5) is 22.0 Å². The first kappa shape index (κ1) is 16.8. The van der Waals surface area contributed by atoms with Gasteiger partial charge in [-0.2, -0.15) is 0 Å². The number of rotatable bonds is 5. The molecule has 0 saturated carbocycles. The number of sulfone groups is 1. The van der Waals surface area contributed by atoms with Crippen molar-refractivity contribution in [3.8, 4) is 0 Å². The van der Waals surface area contributed by atoms with Gasteiger partial charge in [-0.05, 0) is 12.8 Å². The summed E-state index contributed by atoms with van der Waals surface area (Å²) in [6.07, 6.45) is -1.70. The summed E-state index contributed by atoms with van der Waals surface area (Å²) in [6.45, 7) is 0. The van der Waals surface area contributed by atoms with E-state index in [2.05, 4.69) is 0 Å². The summed E-state index contributed by atoms with van der Waals surface area (Å²) in [5.41, 5.74) is -1.35. The molecule has 0 spiro atoms. The van der Waals surface area contributed by atoms with E-state index >= 15 is 0 Å². The number of aliphatic hydroxyl groups is 1. The van der Waals surface area contributed by atoms with Gasteiger partial charge in [0.25, 0.3) is 0 Å². The Kier molecular flexibility index (Phi) is 5.09. The fourth-order valence-electron chi connectivity index (χ4n) is 1.60. The molecule has 1 atom stereocenters. The van der Waals surface area contributed by atoms with Crippen LogP contribution in [0.5, 0.6) is 0 Å². The van der Waals surface area contributed by atoms with Gasteiger partial charge < -0.3 is 5.11 Å². The largest absolute Gasteiger partial charge is 0.388 e. The van der Waals surface area contributed by atoms with E-state index in [-0.39, 0.29) is 12.2 Å². The quantitative estimate of drug-likeness (QED) is 0.515. The topological polar surface area (TPSA) is 54.4 Å². The molecule has 0 aliphatic rings. The van der Waals surface area contributed by atoms with Crippen molar-refractivity contribution in [1.29, 1.82) is 0 Å². The fraction of sp³-hybridized carbons (Fsp3) is 0.455. The van der Waals surface area contributed by atoms with Crippen molar-refractivity contribution < 1.29 is 35.5 Å². The first-order valence-corrected chi connectivity index (χ1v) is 7.49. The Hall–Kier alpha value is -1.22. The van der Waals surface area contributed by atoms with E-state index in [4.69, 9.17) is 0 Å². The predicted molar refractivity (Wildman–Crippen MR) is 60.1 cm³/mol. The smallest absolute Gasteiger partial charge is 0.200 e. The molecule has 0 saturated heterocycles. The summed E-state index contributed by atoms with van der Waals surface area (Å²) in [6, 6.07) is 0. The summed E-state index contributed by atoms with van der Waals surface area (Å²) in [5.74, 6) is -11.2. The highest BCUT2D eigenvalue weighted by Crippen LogP contribution is 2.29. The van der Waals surface area contributed by atoms with Gasteiger partial charge >= 0.3 is 0 Å². The summed E-state index contributed by atoms with van der Waals surface area (Å²) in [4.78, 5) is 0. The van der Waals surface area contributed by atoms with Gasteiger partial charge in [-0.3, -0.25) is 0 Å². The predicted octanol–water partition coefficient (Wildman–Crippen LogP) is 2.24. The highest BCUT2D eigenvalue weighted by molar-refractivity contribution is 7.90. The maximum absolute atomic E-state index is 13.3. The zero-order chi connectivity index (χ0) is 15.7. The molecular formula is C11H11F5O3S. The molecule has 20 heavy (non-hydrogen) atoms. The van der Waals surface area contributed by atoms with Gasteiger partial charge in [-0.25, -0.2) is 30.4 Å². The monoisotopic (exact) mass is 318 g/mol. The summed E-state index contributed by atoms with van der Waals surface area (Å²) < 4.78 is 86.9. The summed E-state index contributed by atoms with van der Waals surface area (Å²) in [5, 5.41) is 9.49. The molecule has 0 aromatic heterocycles. The minimum atomic E-state index is -3.35. The van der Waals surface area contributed by atoms with Gasteiger partial charge in [0, 0.05) is 12.0 Å². The molecule has 0 amide bonds. The van der Waals surface area contributed by atoms with Crippen LogP contribution in [-0.4, -0.2) is 25.5 Å². The average Bonchev–Trinajstić information content (AvgIpc) is 2.32. The van der Waals surface area contributed by atoms with Gasteiger partial charge in [0.1, 0.15) is 9.84 Å². The van der Waals surface area contributed by atoms with Gasteiger partial charge in [0.2, 0.25) is 5.82 Å². The lowest BCUT2D eigenvalue weighted by Gasteiger charge is -2.14. The molecule has 3 nitrogen and oxygen atoms in total. The highest BCUT2D eigenvalue weighted by Gasteiger charge is 2.29. The van der Waals surface area contributed by atoms with Crippen LogP contribution in [0, 0.1) is 29.1 Å². The molecule has 1 N–H and O–H groups in total. The Morgan fingerprint density at radius 3 is 1.75 bits per heavy atom. The zero-order valence-electron chi connectivity index (χ0n) is 10.3. The second-order valence-electron chi connectivity index (χ2n) is 4.27. The number of hydrogen-bond acceptors (Lipinski definition) is 3. The number of hydrogen-bond donors (Lipinski definition) is 1. The summed E-state index contributed by atoms with van der Waals surface area (Å²) >= 11 is 0.